The summed E-state index contributed by atoms with van der Waals surface area (Å²) in [6.45, 7) is 1.30. The first-order valence-electron chi connectivity index (χ1n) is 7.70. The standard InChI is InChI=1S/C19H16ClNO5/c1-11(22)26-18-10-21(19(23)12-4-6-13(20)7-5-12)15-9-17(25-3)16(24-2)8-14(15)18/h4-10H,1-3H3. The van der Waals surface area contributed by atoms with Crippen molar-refractivity contribution in [3.8, 4) is 17.2 Å². The monoisotopic (exact) mass is 373 g/mol. The van der Waals surface area contributed by atoms with Crippen LogP contribution in [0.1, 0.15) is 17.3 Å². The van der Waals surface area contributed by atoms with E-state index in [1.54, 1.807) is 36.4 Å². The van der Waals surface area contributed by atoms with Crippen LogP contribution in [0.4, 0.5) is 0 Å². The third kappa shape index (κ3) is 3.23. The molecule has 0 aliphatic heterocycles. The molecular weight excluding hydrogens is 358 g/mol. The van der Waals surface area contributed by atoms with Crippen molar-refractivity contribution >= 4 is 34.4 Å². The molecule has 26 heavy (non-hydrogen) atoms. The third-order valence-electron chi connectivity index (χ3n) is 3.84. The van der Waals surface area contributed by atoms with E-state index in [1.807, 2.05) is 0 Å². The molecule has 0 saturated carbocycles. The minimum Gasteiger partial charge on any atom is -0.493 e. The van der Waals surface area contributed by atoms with Gasteiger partial charge in [0.05, 0.1) is 25.9 Å². The number of fused-ring (bicyclic) bond motifs is 1. The van der Waals surface area contributed by atoms with E-state index in [0.717, 1.165) is 0 Å². The summed E-state index contributed by atoms with van der Waals surface area (Å²) in [6, 6.07) is 9.85. The van der Waals surface area contributed by atoms with Crippen molar-refractivity contribution in [3.63, 3.8) is 0 Å². The van der Waals surface area contributed by atoms with E-state index in [-0.39, 0.29) is 11.7 Å². The molecule has 0 N–H and O–H groups in total. The highest BCUT2D eigenvalue weighted by Crippen LogP contribution is 2.38. The van der Waals surface area contributed by atoms with Crippen LogP contribution in [0.15, 0.2) is 42.6 Å². The van der Waals surface area contributed by atoms with Crippen molar-refractivity contribution in [3.05, 3.63) is 53.2 Å². The predicted octanol–water partition coefficient (Wildman–Crippen LogP) is 3.93. The van der Waals surface area contributed by atoms with Gasteiger partial charge in [0.25, 0.3) is 5.91 Å². The first-order valence-corrected chi connectivity index (χ1v) is 8.08. The number of benzene rings is 2. The summed E-state index contributed by atoms with van der Waals surface area (Å²) in [5, 5.41) is 1.09. The van der Waals surface area contributed by atoms with Gasteiger partial charge in [-0.15, -0.1) is 0 Å². The summed E-state index contributed by atoms with van der Waals surface area (Å²) in [7, 11) is 3.01. The zero-order chi connectivity index (χ0) is 18.8. The molecule has 0 saturated heterocycles. The molecule has 3 aromatic rings. The Balaban J connectivity index is 2.22. The molecule has 0 amide bonds. The Bertz CT molecular complexity index is 991. The highest BCUT2D eigenvalue weighted by Gasteiger charge is 2.20. The number of aromatic nitrogens is 1. The normalized spacial score (nSPS) is 10.6. The van der Waals surface area contributed by atoms with Gasteiger partial charge in [-0.25, -0.2) is 0 Å². The fraction of sp³-hybridized carbons (Fsp3) is 0.158. The molecule has 0 aliphatic rings. The van der Waals surface area contributed by atoms with E-state index >= 15 is 0 Å². The smallest absolute Gasteiger partial charge is 0.308 e. The number of methoxy groups -OCH3 is 2. The van der Waals surface area contributed by atoms with Crippen LogP contribution in [0.5, 0.6) is 17.2 Å². The first-order chi connectivity index (χ1) is 12.4. The van der Waals surface area contributed by atoms with E-state index < -0.39 is 5.97 Å². The van der Waals surface area contributed by atoms with Crippen LogP contribution in [0.2, 0.25) is 5.02 Å². The lowest BCUT2D eigenvalue weighted by atomic mass is 10.2. The molecule has 3 rings (SSSR count). The quantitative estimate of drug-likeness (QED) is 0.648. The van der Waals surface area contributed by atoms with E-state index in [1.165, 1.54) is 31.9 Å². The Labute approximate surface area is 154 Å². The van der Waals surface area contributed by atoms with E-state index in [9.17, 15) is 9.59 Å². The van der Waals surface area contributed by atoms with Crippen molar-refractivity contribution in [2.24, 2.45) is 0 Å². The largest absolute Gasteiger partial charge is 0.493 e. The van der Waals surface area contributed by atoms with Gasteiger partial charge in [0.2, 0.25) is 0 Å². The van der Waals surface area contributed by atoms with E-state index in [2.05, 4.69) is 0 Å². The molecule has 1 aromatic heterocycles. The number of hydrogen-bond acceptors (Lipinski definition) is 5. The third-order valence-corrected chi connectivity index (χ3v) is 4.09. The van der Waals surface area contributed by atoms with Crippen molar-refractivity contribution in [2.75, 3.05) is 14.2 Å². The number of esters is 1. The average Bonchev–Trinajstić information content (AvgIpc) is 2.97. The minimum atomic E-state index is -0.488. The molecule has 1 heterocycles. The number of halogens is 1. The summed E-state index contributed by atoms with van der Waals surface area (Å²) in [5.74, 6) is 0.397. The second-order valence-corrected chi connectivity index (χ2v) is 5.93. The summed E-state index contributed by atoms with van der Waals surface area (Å²) >= 11 is 5.89. The van der Waals surface area contributed by atoms with Crippen molar-refractivity contribution in [2.45, 2.75) is 6.92 Å². The van der Waals surface area contributed by atoms with Gasteiger partial charge in [0.15, 0.2) is 17.2 Å². The van der Waals surface area contributed by atoms with Crippen molar-refractivity contribution < 1.29 is 23.8 Å². The highest BCUT2D eigenvalue weighted by atomic mass is 35.5. The highest BCUT2D eigenvalue weighted by molar-refractivity contribution is 6.30. The lowest BCUT2D eigenvalue weighted by Gasteiger charge is -2.09. The van der Waals surface area contributed by atoms with Crippen LogP contribution in [0.25, 0.3) is 10.9 Å². The van der Waals surface area contributed by atoms with Gasteiger partial charge < -0.3 is 14.2 Å². The molecule has 0 atom stereocenters. The molecule has 134 valence electrons. The molecule has 0 radical (unpaired) electrons. The molecule has 0 aliphatic carbocycles. The molecule has 2 aromatic carbocycles. The summed E-state index contributed by atoms with van der Waals surface area (Å²) < 4.78 is 17.3. The summed E-state index contributed by atoms with van der Waals surface area (Å²) in [6.07, 6.45) is 1.47. The average molecular weight is 374 g/mol. The molecule has 0 unspecified atom stereocenters. The van der Waals surface area contributed by atoms with Crippen LogP contribution in [-0.2, 0) is 4.79 Å². The predicted molar refractivity (Wildman–Crippen MR) is 97.5 cm³/mol. The van der Waals surface area contributed by atoms with Gasteiger partial charge in [0, 0.05) is 29.0 Å². The van der Waals surface area contributed by atoms with Crippen LogP contribution < -0.4 is 14.2 Å². The Kier molecular flexibility index (Phi) is 4.86. The topological polar surface area (TPSA) is 66.8 Å². The molecule has 0 spiro atoms. The second-order valence-electron chi connectivity index (χ2n) is 5.49. The summed E-state index contributed by atoms with van der Waals surface area (Å²) in [5.41, 5.74) is 0.967. The lowest BCUT2D eigenvalue weighted by molar-refractivity contribution is -0.131. The van der Waals surface area contributed by atoms with E-state index in [4.69, 9.17) is 25.8 Å². The molecule has 0 fully saturated rings. The number of carbonyl (C=O) groups excluding carboxylic acids is 2. The lowest BCUT2D eigenvalue weighted by Crippen LogP contribution is -2.10. The Morgan fingerprint density at radius 1 is 0.962 bits per heavy atom. The zero-order valence-electron chi connectivity index (χ0n) is 14.4. The van der Waals surface area contributed by atoms with Gasteiger partial charge in [-0.05, 0) is 30.3 Å². The van der Waals surface area contributed by atoms with Gasteiger partial charge in [-0.2, -0.15) is 0 Å². The van der Waals surface area contributed by atoms with Crippen LogP contribution in [0.3, 0.4) is 0 Å². The minimum absolute atomic E-state index is 0.260. The fourth-order valence-corrected chi connectivity index (χ4v) is 2.78. The molecule has 6 nitrogen and oxygen atoms in total. The number of nitrogens with zero attached hydrogens (tertiary/aromatic N) is 1. The van der Waals surface area contributed by atoms with E-state index in [0.29, 0.717) is 33.0 Å². The number of rotatable bonds is 4. The van der Waals surface area contributed by atoms with Crippen LogP contribution in [-0.4, -0.2) is 30.7 Å². The van der Waals surface area contributed by atoms with Gasteiger partial charge in [-0.1, -0.05) is 11.6 Å². The van der Waals surface area contributed by atoms with Crippen molar-refractivity contribution in [1.29, 1.82) is 0 Å². The van der Waals surface area contributed by atoms with Crippen LogP contribution >= 0.6 is 11.6 Å². The number of carbonyl (C=O) groups is 2. The molecule has 7 heteroatoms. The SMILES string of the molecule is COc1cc2c(OC(C)=O)cn(C(=O)c3ccc(Cl)cc3)c2cc1OC. The maximum Gasteiger partial charge on any atom is 0.308 e. The maximum atomic E-state index is 12.9. The second kappa shape index (κ2) is 7.09. The maximum absolute atomic E-state index is 12.9. The van der Waals surface area contributed by atoms with Crippen LogP contribution in [0, 0.1) is 0 Å². The molecule has 0 bridgehead atoms. The summed E-state index contributed by atoms with van der Waals surface area (Å²) in [4.78, 5) is 24.4. The number of hydrogen-bond donors (Lipinski definition) is 0. The Morgan fingerprint density at radius 2 is 1.58 bits per heavy atom. The van der Waals surface area contributed by atoms with Gasteiger partial charge >= 0.3 is 5.97 Å². The zero-order valence-corrected chi connectivity index (χ0v) is 15.2. The van der Waals surface area contributed by atoms with Crippen molar-refractivity contribution in [1.82, 2.24) is 4.57 Å². The molecular formula is C19H16ClNO5. The Hall–Kier alpha value is -2.99. The first kappa shape index (κ1) is 17.8. The number of ether oxygens (including phenoxy) is 3. The Morgan fingerprint density at radius 3 is 2.15 bits per heavy atom. The fourth-order valence-electron chi connectivity index (χ4n) is 2.66. The van der Waals surface area contributed by atoms with Gasteiger partial charge in [0.1, 0.15) is 0 Å². The van der Waals surface area contributed by atoms with Gasteiger partial charge in [-0.3, -0.25) is 14.2 Å².